The number of methoxy groups -OCH3 is 1. The molecule has 2 N–H and O–H groups in total. The quantitative estimate of drug-likeness (QED) is 0.704. The molecule has 6 nitrogen and oxygen atoms in total. The zero-order chi connectivity index (χ0) is 24.1. The minimum Gasteiger partial charge on any atom is -0.497 e. The van der Waals surface area contributed by atoms with Crippen LogP contribution in [0.1, 0.15) is 44.2 Å². The van der Waals surface area contributed by atoms with Crippen molar-refractivity contribution in [3.8, 4) is 5.75 Å². The molecular weight excluding hydrogens is 438 g/mol. The first kappa shape index (κ1) is 23.6. The molecule has 33 heavy (non-hydrogen) atoms. The van der Waals surface area contributed by atoms with Crippen LogP contribution in [-0.2, 0) is 15.0 Å². The third-order valence-electron chi connectivity index (χ3n) is 6.78. The highest BCUT2D eigenvalue weighted by Gasteiger charge is 2.65. The Kier molecular flexibility index (Phi) is 5.95. The highest BCUT2D eigenvalue weighted by Crippen LogP contribution is 2.56. The molecule has 4 unspecified atom stereocenters. The fourth-order valence-electron chi connectivity index (χ4n) is 5.52. The summed E-state index contributed by atoms with van der Waals surface area (Å²) in [6, 6.07) is 12.4. The minimum absolute atomic E-state index is 0.0613. The van der Waals surface area contributed by atoms with Crippen LogP contribution in [0.5, 0.6) is 5.75 Å². The number of hydrogen-bond acceptors (Lipinski definition) is 4. The molecule has 2 aliphatic rings. The van der Waals surface area contributed by atoms with Crippen LogP contribution in [0, 0.1) is 5.41 Å². The number of ether oxygens (including phenoxy) is 1. The Balaban J connectivity index is 2.01. The molecule has 4 atom stereocenters. The number of halogens is 1. The van der Waals surface area contributed by atoms with Gasteiger partial charge in [-0.25, -0.2) is 0 Å². The van der Waals surface area contributed by atoms with Gasteiger partial charge in [-0.2, -0.15) is 0 Å². The molecule has 0 aliphatic carbocycles. The second-order valence-electron chi connectivity index (χ2n) is 10.5. The standard InChI is InChI=1S/C26H32ClN3O3/c1-25(2,3)14-20-26(18-11-10-16(27)13-19(18)28-24(26)32)21(22(29-20)23(31)30(4)5)15-8-7-9-17(12-15)33-6/h7-13,20-22,29H,14H2,1-6H3,(H,28,32). The average Bonchev–Trinajstić information content (AvgIpc) is 3.21. The minimum atomic E-state index is -0.976. The lowest BCUT2D eigenvalue weighted by Crippen LogP contribution is -2.49. The van der Waals surface area contributed by atoms with Gasteiger partial charge < -0.3 is 20.3 Å². The summed E-state index contributed by atoms with van der Waals surface area (Å²) in [4.78, 5) is 29.1. The van der Waals surface area contributed by atoms with Crippen molar-refractivity contribution in [1.29, 1.82) is 0 Å². The number of carbonyl (C=O) groups excluding carboxylic acids is 2. The third-order valence-corrected chi connectivity index (χ3v) is 7.02. The number of amides is 2. The Morgan fingerprint density at radius 3 is 2.55 bits per heavy atom. The Bertz CT molecular complexity index is 1090. The summed E-state index contributed by atoms with van der Waals surface area (Å²) >= 11 is 6.28. The lowest BCUT2D eigenvalue weighted by Gasteiger charge is -2.37. The van der Waals surface area contributed by atoms with E-state index in [-0.39, 0.29) is 23.3 Å². The zero-order valence-corrected chi connectivity index (χ0v) is 20.8. The fourth-order valence-corrected chi connectivity index (χ4v) is 5.69. The molecule has 1 saturated heterocycles. The van der Waals surface area contributed by atoms with Gasteiger partial charge in [0.25, 0.3) is 0 Å². The van der Waals surface area contributed by atoms with Crippen molar-refractivity contribution in [3.05, 3.63) is 58.6 Å². The summed E-state index contributed by atoms with van der Waals surface area (Å²) in [6.07, 6.45) is 0.708. The average molecular weight is 470 g/mol. The Morgan fingerprint density at radius 2 is 1.91 bits per heavy atom. The SMILES string of the molecule is COc1cccc(C2C(C(=O)N(C)C)NC(CC(C)(C)C)C23C(=O)Nc2cc(Cl)ccc23)c1. The van der Waals surface area contributed by atoms with Gasteiger partial charge in [0, 0.05) is 36.8 Å². The number of likely N-dealkylation sites (N-methyl/N-ethyl adjacent to an activating group) is 1. The molecule has 0 radical (unpaired) electrons. The van der Waals surface area contributed by atoms with Crippen molar-refractivity contribution in [3.63, 3.8) is 0 Å². The highest BCUT2D eigenvalue weighted by molar-refractivity contribution is 6.31. The molecule has 0 bridgehead atoms. The molecule has 2 aliphatic heterocycles. The van der Waals surface area contributed by atoms with Gasteiger partial charge in [0.2, 0.25) is 11.8 Å². The molecule has 7 heteroatoms. The third kappa shape index (κ3) is 3.89. The number of benzene rings is 2. The van der Waals surface area contributed by atoms with Gasteiger partial charge in [-0.3, -0.25) is 9.59 Å². The molecule has 2 heterocycles. The first-order valence-corrected chi connectivity index (χ1v) is 11.6. The molecule has 2 aromatic rings. The lowest BCUT2D eigenvalue weighted by molar-refractivity contribution is -0.131. The van der Waals surface area contributed by atoms with Crippen LogP contribution in [0.15, 0.2) is 42.5 Å². The normalized spacial score (nSPS) is 26.3. The van der Waals surface area contributed by atoms with Gasteiger partial charge in [0.05, 0.1) is 13.2 Å². The number of rotatable bonds is 4. The molecule has 1 spiro atoms. The van der Waals surface area contributed by atoms with E-state index < -0.39 is 17.4 Å². The summed E-state index contributed by atoms with van der Waals surface area (Å²) < 4.78 is 5.49. The summed E-state index contributed by atoms with van der Waals surface area (Å²) in [6.45, 7) is 6.46. The van der Waals surface area contributed by atoms with Crippen molar-refractivity contribution in [2.24, 2.45) is 5.41 Å². The van der Waals surface area contributed by atoms with Gasteiger partial charge >= 0.3 is 0 Å². The van der Waals surface area contributed by atoms with Gasteiger partial charge in [0.1, 0.15) is 11.2 Å². The van der Waals surface area contributed by atoms with Crippen molar-refractivity contribution in [2.45, 2.75) is 50.6 Å². The van der Waals surface area contributed by atoms with Crippen LogP contribution in [0.2, 0.25) is 5.02 Å². The second kappa shape index (κ2) is 8.33. The summed E-state index contributed by atoms with van der Waals surface area (Å²) in [5.74, 6) is 0.0854. The van der Waals surface area contributed by atoms with Crippen molar-refractivity contribution < 1.29 is 14.3 Å². The highest BCUT2D eigenvalue weighted by atomic mass is 35.5. The maximum absolute atomic E-state index is 14.0. The lowest BCUT2D eigenvalue weighted by atomic mass is 9.62. The van der Waals surface area contributed by atoms with Crippen LogP contribution >= 0.6 is 11.6 Å². The number of anilines is 1. The van der Waals surface area contributed by atoms with Crippen LogP contribution in [-0.4, -0.2) is 50.0 Å². The van der Waals surface area contributed by atoms with Gasteiger partial charge in [0.15, 0.2) is 0 Å². The van der Waals surface area contributed by atoms with Crippen LogP contribution in [0.3, 0.4) is 0 Å². The molecular formula is C26H32ClN3O3. The predicted octanol–water partition coefficient (Wildman–Crippen LogP) is 4.19. The maximum Gasteiger partial charge on any atom is 0.239 e. The van der Waals surface area contributed by atoms with E-state index in [1.54, 1.807) is 32.2 Å². The van der Waals surface area contributed by atoms with E-state index in [9.17, 15) is 9.59 Å². The Morgan fingerprint density at radius 1 is 1.18 bits per heavy atom. The van der Waals surface area contributed by atoms with Crippen molar-refractivity contribution in [2.75, 3.05) is 26.5 Å². The van der Waals surface area contributed by atoms with Crippen molar-refractivity contribution in [1.82, 2.24) is 10.2 Å². The first-order chi connectivity index (χ1) is 15.5. The summed E-state index contributed by atoms with van der Waals surface area (Å²) in [5, 5.41) is 7.25. The van der Waals surface area contributed by atoms with Crippen LogP contribution in [0.4, 0.5) is 5.69 Å². The van der Waals surface area contributed by atoms with E-state index in [2.05, 4.69) is 31.4 Å². The number of nitrogens with zero attached hydrogens (tertiary/aromatic N) is 1. The van der Waals surface area contributed by atoms with E-state index in [1.165, 1.54) is 0 Å². The number of fused-ring (bicyclic) bond motifs is 2. The van der Waals surface area contributed by atoms with E-state index in [4.69, 9.17) is 16.3 Å². The van der Waals surface area contributed by atoms with Gasteiger partial charge in [-0.15, -0.1) is 0 Å². The largest absolute Gasteiger partial charge is 0.497 e. The summed E-state index contributed by atoms with van der Waals surface area (Å²) in [5.41, 5.74) is 1.42. The molecule has 2 aromatic carbocycles. The van der Waals surface area contributed by atoms with Crippen molar-refractivity contribution >= 4 is 29.1 Å². The van der Waals surface area contributed by atoms with Crippen LogP contribution in [0.25, 0.3) is 0 Å². The van der Waals surface area contributed by atoms with Crippen LogP contribution < -0.4 is 15.4 Å². The van der Waals surface area contributed by atoms with E-state index >= 15 is 0 Å². The van der Waals surface area contributed by atoms with E-state index in [0.717, 1.165) is 11.1 Å². The maximum atomic E-state index is 14.0. The van der Waals surface area contributed by atoms with Gasteiger partial charge in [-0.1, -0.05) is 50.6 Å². The number of nitrogens with one attached hydrogen (secondary N) is 2. The number of hydrogen-bond donors (Lipinski definition) is 2. The molecule has 0 saturated carbocycles. The second-order valence-corrected chi connectivity index (χ2v) is 10.9. The molecule has 0 aromatic heterocycles. The zero-order valence-electron chi connectivity index (χ0n) is 20.0. The predicted molar refractivity (Wildman–Crippen MR) is 131 cm³/mol. The van der Waals surface area contributed by atoms with E-state index in [0.29, 0.717) is 22.9 Å². The van der Waals surface area contributed by atoms with Gasteiger partial charge in [-0.05, 0) is 47.2 Å². The molecule has 2 amide bonds. The monoisotopic (exact) mass is 469 g/mol. The molecule has 176 valence electrons. The fraction of sp³-hybridized carbons (Fsp3) is 0.462. The Hall–Kier alpha value is -2.57. The van der Waals surface area contributed by atoms with E-state index in [1.807, 2.05) is 36.4 Å². The summed E-state index contributed by atoms with van der Waals surface area (Å²) in [7, 11) is 5.11. The topological polar surface area (TPSA) is 70.7 Å². The number of carbonyl (C=O) groups is 2. The molecule has 1 fully saturated rings. The smallest absolute Gasteiger partial charge is 0.239 e. The molecule has 4 rings (SSSR count). The Labute approximate surface area is 200 Å². The first-order valence-electron chi connectivity index (χ1n) is 11.2.